The number of nitrogens with zero attached hydrogens (tertiary/aromatic N) is 5. The van der Waals surface area contributed by atoms with Crippen LogP contribution in [-0.4, -0.2) is 40.4 Å². The quantitative estimate of drug-likeness (QED) is 0.355. The molecule has 4 aromatic rings. The van der Waals surface area contributed by atoms with Crippen molar-refractivity contribution in [2.45, 2.75) is 51.6 Å². The number of hydrogen-bond donors (Lipinski definition) is 0. The summed E-state index contributed by atoms with van der Waals surface area (Å²) < 4.78 is 16.9. The highest BCUT2D eigenvalue weighted by Gasteiger charge is 2.25. The molecule has 0 saturated carbocycles. The fourth-order valence-electron chi connectivity index (χ4n) is 3.77. The summed E-state index contributed by atoms with van der Waals surface area (Å²) in [6.45, 7) is 12.4. The van der Waals surface area contributed by atoms with Crippen LogP contribution in [-0.2, 0) is 10.8 Å². The van der Waals surface area contributed by atoms with E-state index in [1.54, 1.807) is 22.8 Å². The van der Waals surface area contributed by atoms with Crippen molar-refractivity contribution in [3.8, 4) is 5.82 Å². The number of rotatable bonds is 4. The third-order valence-electron chi connectivity index (χ3n) is 5.85. The molecule has 0 aliphatic rings. The molecule has 0 aliphatic carbocycles. The van der Waals surface area contributed by atoms with Crippen LogP contribution in [0, 0.1) is 34.6 Å². The summed E-state index contributed by atoms with van der Waals surface area (Å²) in [6, 6.07) is 1.96. The predicted molar refractivity (Wildman–Crippen MR) is 120 cm³/mol. The Kier molecular flexibility index (Phi) is 5.02. The van der Waals surface area contributed by atoms with Crippen LogP contribution in [0.4, 0.5) is 0 Å². The van der Waals surface area contributed by atoms with Gasteiger partial charge in [0.05, 0.1) is 22.0 Å². The van der Waals surface area contributed by atoms with Gasteiger partial charge in [-0.05, 0) is 63.1 Å². The molecule has 1 unspecified atom stereocenters. The van der Waals surface area contributed by atoms with Crippen molar-refractivity contribution in [3.63, 3.8) is 0 Å². The van der Waals surface area contributed by atoms with E-state index in [9.17, 15) is 4.21 Å². The first kappa shape index (κ1) is 20.1. The Labute approximate surface area is 177 Å². The number of imidazole rings is 1. The normalized spacial score (nSPS) is 12.9. The van der Waals surface area contributed by atoms with Crippen molar-refractivity contribution >= 4 is 39.1 Å². The molecule has 0 fully saturated rings. The zero-order valence-corrected chi connectivity index (χ0v) is 19.5. The minimum absolute atomic E-state index is 0.525. The van der Waals surface area contributed by atoms with Gasteiger partial charge in [-0.2, -0.15) is 5.10 Å². The molecule has 3 heterocycles. The van der Waals surface area contributed by atoms with Crippen molar-refractivity contribution in [1.29, 1.82) is 0 Å². The second-order valence-corrected chi connectivity index (χ2v) is 9.74. The van der Waals surface area contributed by atoms with E-state index in [0.29, 0.717) is 11.6 Å². The molecule has 0 N–H and O–H groups in total. The van der Waals surface area contributed by atoms with Crippen LogP contribution < -0.4 is 0 Å². The number of hydrogen-bond acceptors (Lipinski definition) is 5. The van der Waals surface area contributed by atoms with Crippen LogP contribution >= 0.6 is 11.8 Å². The minimum Gasteiger partial charge on any atom is -0.285 e. The fraction of sp³-hybridized carbons (Fsp3) is 0.381. The summed E-state index contributed by atoms with van der Waals surface area (Å²) in [5.41, 5.74) is 7.36. The second-order valence-electron chi connectivity index (χ2n) is 7.26. The number of benzene rings is 1. The van der Waals surface area contributed by atoms with Gasteiger partial charge in [0, 0.05) is 17.2 Å². The smallest absolute Gasteiger partial charge is 0.176 e. The van der Waals surface area contributed by atoms with Crippen molar-refractivity contribution < 1.29 is 4.21 Å². The van der Waals surface area contributed by atoms with Crippen molar-refractivity contribution in [2.75, 3.05) is 12.0 Å². The molecule has 0 saturated heterocycles. The lowest BCUT2D eigenvalue weighted by Gasteiger charge is -2.11. The van der Waals surface area contributed by atoms with Gasteiger partial charge < -0.3 is 0 Å². The average molecular weight is 428 g/mol. The Morgan fingerprint density at radius 1 is 1.07 bits per heavy atom. The summed E-state index contributed by atoms with van der Waals surface area (Å²) in [7, 11) is -1.18. The third kappa shape index (κ3) is 2.92. The molecule has 4 rings (SSSR count). The standard InChI is InChI=1S/C21H25N5OS2/c1-8-29(27)21-18-13(4)11(2)12(3)14(5)19(18)24-26(21)20-15(6)25-10-22-17(28-7)9-16(25)23-20/h9-10H,8H2,1-7H3. The van der Waals surface area contributed by atoms with Gasteiger partial charge in [0.1, 0.15) is 22.0 Å². The topological polar surface area (TPSA) is 65.1 Å². The van der Waals surface area contributed by atoms with Gasteiger partial charge in [-0.25, -0.2) is 14.6 Å². The first-order valence-electron chi connectivity index (χ1n) is 9.56. The van der Waals surface area contributed by atoms with Crippen molar-refractivity contribution in [2.24, 2.45) is 0 Å². The summed E-state index contributed by atoms with van der Waals surface area (Å²) in [5.74, 6) is 1.23. The van der Waals surface area contributed by atoms with Gasteiger partial charge in [0.15, 0.2) is 5.82 Å². The van der Waals surface area contributed by atoms with Gasteiger partial charge in [-0.15, -0.1) is 11.8 Å². The highest BCUT2D eigenvalue weighted by Crippen LogP contribution is 2.34. The molecule has 0 aliphatic heterocycles. The Morgan fingerprint density at radius 2 is 1.76 bits per heavy atom. The van der Waals surface area contributed by atoms with E-state index >= 15 is 0 Å². The number of fused-ring (bicyclic) bond motifs is 2. The van der Waals surface area contributed by atoms with E-state index in [-0.39, 0.29) is 0 Å². The van der Waals surface area contributed by atoms with E-state index in [1.807, 2.05) is 30.6 Å². The lowest BCUT2D eigenvalue weighted by atomic mass is 9.96. The summed E-state index contributed by atoms with van der Waals surface area (Å²) in [5, 5.41) is 7.57. The SMILES string of the molecule is CCS(=O)c1c2c(C)c(C)c(C)c(C)c2nn1-c1nc2cc(SC)ncn2c1C. The van der Waals surface area contributed by atoms with E-state index in [4.69, 9.17) is 10.1 Å². The van der Waals surface area contributed by atoms with E-state index in [2.05, 4.69) is 32.7 Å². The lowest BCUT2D eigenvalue weighted by Crippen LogP contribution is -2.08. The van der Waals surface area contributed by atoms with E-state index in [0.717, 1.165) is 43.4 Å². The summed E-state index contributed by atoms with van der Waals surface area (Å²) >= 11 is 1.58. The zero-order chi connectivity index (χ0) is 21.0. The van der Waals surface area contributed by atoms with Crippen LogP contribution in [0.2, 0.25) is 0 Å². The Bertz CT molecular complexity index is 1300. The van der Waals surface area contributed by atoms with Gasteiger partial charge in [-0.3, -0.25) is 8.61 Å². The van der Waals surface area contributed by atoms with Crippen LogP contribution in [0.5, 0.6) is 0 Å². The predicted octanol–water partition coefficient (Wildman–Crippen LogP) is 4.46. The highest BCUT2D eigenvalue weighted by atomic mass is 32.2. The van der Waals surface area contributed by atoms with Gasteiger partial charge in [0.25, 0.3) is 0 Å². The third-order valence-corrected chi connectivity index (χ3v) is 7.83. The molecule has 0 radical (unpaired) electrons. The molecular formula is C21H25N5OS2. The number of aryl methyl sites for hydroxylation is 3. The second kappa shape index (κ2) is 7.25. The van der Waals surface area contributed by atoms with Gasteiger partial charge in [0.2, 0.25) is 0 Å². The molecule has 0 bridgehead atoms. The lowest BCUT2D eigenvalue weighted by molar-refractivity contribution is 0.672. The Hall–Kier alpha value is -2.19. The van der Waals surface area contributed by atoms with Crippen molar-refractivity contribution in [3.05, 3.63) is 40.3 Å². The zero-order valence-electron chi connectivity index (χ0n) is 17.8. The molecular weight excluding hydrogens is 402 g/mol. The highest BCUT2D eigenvalue weighted by molar-refractivity contribution is 7.98. The van der Waals surface area contributed by atoms with E-state index in [1.165, 1.54) is 11.1 Å². The van der Waals surface area contributed by atoms with Crippen LogP contribution in [0.3, 0.4) is 0 Å². The molecule has 1 aromatic carbocycles. The molecule has 6 nitrogen and oxygen atoms in total. The number of aromatic nitrogens is 5. The first-order chi connectivity index (χ1) is 13.8. The molecule has 29 heavy (non-hydrogen) atoms. The van der Waals surface area contributed by atoms with Gasteiger partial charge in [-0.1, -0.05) is 6.92 Å². The average Bonchev–Trinajstić information content (AvgIpc) is 3.28. The molecule has 3 aromatic heterocycles. The Morgan fingerprint density at radius 3 is 2.41 bits per heavy atom. The first-order valence-corrected chi connectivity index (χ1v) is 12.1. The minimum atomic E-state index is -1.18. The van der Waals surface area contributed by atoms with Crippen LogP contribution in [0.1, 0.15) is 34.9 Å². The van der Waals surface area contributed by atoms with E-state index < -0.39 is 10.8 Å². The maximum absolute atomic E-state index is 13.2. The molecule has 0 amide bonds. The van der Waals surface area contributed by atoms with Crippen LogP contribution in [0.15, 0.2) is 22.4 Å². The van der Waals surface area contributed by atoms with Gasteiger partial charge >= 0.3 is 0 Å². The number of thioether (sulfide) groups is 1. The monoisotopic (exact) mass is 427 g/mol. The van der Waals surface area contributed by atoms with Crippen LogP contribution in [0.25, 0.3) is 22.4 Å². The Balaban J connectivity index is 2.13. The summed E-state index contributed by atoms with van der Waals surface area (Å²) in [4.78, 5) is 9.30. The molecule has 0 spiro atoms. The molecule has 8 heteroatoms. The maximum Gasteiger partial charge on any atom is 0.176 e. The maximum atomic E-state index is 13.2. The molecule has 1 atom stereocenters. The van der Waals surface area contributed by atoms with Crippen molar-refractivity contribution in [1.82, 2.24) is 24.1 Å². The fourth-order valence-corrected chi connectivity index (χ4v) is 5.21. The summed E-state index contributed by atoms with van der Waals surface area (Å²) in [6.07, 6.45) is 3.78. The largest absolute Gasteiger partial charge is 0.285 e. The molecule has 152 valence electrons.